The van der Waals surface area contributed by atoms with Crippen LogP contribution in [0.3, 0.4) is 0 Å². The highest BCUT2D eigenvalue weighted by Gasteiger charge is 2.36. The number of nitro benzene ring substituents is 1. The average molecular weight is 412 g/mol. The van der Waals surface area contributed by atoms with Gasteiger partial charge in [-0.15, -0.1) is 0 Å². The summed E-state index contributed by atoms with van der Waals surface area (Å²) in [4.78, 5) is 37.0. The number of hydrogen-bond donors (Lipinski definition) is 0. The van der Waals surface area contributed by atoms with Gasteiger partial charge in [0.25, 0.3) is 16.8 Å². The molecule has 1 atom stereocenters. The molecular formula is C21H20N2O5S. The van der Waals surface area contributed by atoms with Crippen molar-refractivity contribution in [2.45, 2.75) is 32.9 Å². The Bertz CT molecular complexity index is 971. The molecule has 0 unspecified atom stereocenters. The van der Waals surface area contributed by atoms with Crippen LogP contribution in [0.15, 0.2) is 53.4 Å². The smallest absolute Gasteiger partial charge is 0.293 e. The van der Waals surface area contributed by atoms with Crippen LogP contribution in [0.1, 0.15) is 31.4 Å². The molecule has 0 aliphatic carbocycles. The maximum atomic E-state index is 12.7. The number of thioether (sulfide) groups is 1. The van der Waals surface area contributed by atoms with Gasteiger partial charge in [-0.1, -0.05) is 37.3 Å². The normalized spacial score (nSPS) is 16.3. The zero-order chi connectivity index (χ0) is 21.0. The molecule has 1 aliphatic heterocycles. The van der Waals surface area contributed by atoms with E-state index in [2.05, 4.69) is 0 Å². The van der Waals surface area contributed by atoms with Crippen LogP contribution in [0, 0.1) is 10.1 Å². The van der Waals surface area contributed by atoms with Crippen molar-refractivity contribution in [3.63, 3.8) is 0 Å². The van der Waals surface area contributed by atoms with Crippen LogP contribution in [0.2, 0.25) is 0 Å². The maximum absolute atomic E-state index is 12.7. The number of benzene rings is 2. The highest BCUT2D eigenvalue weighted by Crippen LogP contribution is 2.34. The molecule has 0 saturated carbocycles. The van der Waals surface area contributed by atoms with Crippen LogP contribution in [-0.4, -0.2) is 27.1 Å². The molecule has 0 radical (unpaired) electrons. The third-order valence-electron chi connectivity index (χ3n) is 4.48. The molecule has 2 aromatic carbocycles. The van der Waals surface area contributed by atoms with E-state index in [1.165, 1.54) is 6.07 Å². The lowest BCUT2D eigenvalue weighted by atomic mass is 10.1. The SMILES string of the molecule is CC[C@@H](C)Oc1ccc(/C=C2\SC(=O)N(Cc3ccccc3[N+](=O)[O-])C2=O)cc1. The van der Waals surface area contributed by atoms with E-state index in [4.69, 9.17) is 4.74 Å². The van der Waals surface area contributed by atoms with Crippen LogP contribution >= 0.6 is 11.8 Å². The Balaban J connectivity index is 1.76. The van der Waals surface area contributed by atoms with Crippen LogP contribution in [0.4, 0.5) is 10.5 Å². The van der Waals surface area contributed by atoms with Crippen molar-refractivity contribution in [3.05, 3.63) is 74.7 Å². The van der Waals surface area contributed by atoms with E-state index >= 15 is 0 Å². The standard InChI is InChI=1S/C21H20N2O5S/c1-3-14(2)28-17-10-8-15(9-11-17)12-19-20(24)22(21(25)29-19)13-16-6-4-5-7-18(16)23(26)27/h4-12,14H,3,13H2,1-2H3/b19-12-/t14-/m1/s1. The highest BCUT2D eigenvalue weighted by molar-refractivity contribution is 8.18. The molecule has 0 bridgehead atoms. The van der Waals surface area contributed by atoms with Crippen molar-refractivity contribution < 1.29 is 19.2 Å². The van der Waals surface area contributed by atoms with Gasteiger partial charge in [0.1, 0.15) is 5.75 Å². The summed E-state index contributed by atoms with van der Waals surface area (Å²) >= 11 is 0.826. The van der Waals surface area contributed by atoms with E-state index < -0.39 is 16.1 Å². The van der Waals surface area contributed by atoms with E-state index in [1.54, 1.807) is 24.3 Å². The number of rotatable bonds is 7. The first-order chi connectivity index (χ1) is 13.9. The van der Waals surface area contributed by atoms with E-state index in [0.717, 1.165) is 34.4 Å². The second kappa shape index (κ2) is 8.91. The average Bonchev–Trinajstić information content (AvgIpc) is 2.97. The van der Waals surface area contributed by atoms with Crippen LogP contribution in [0.5, 0.6) is 5.75 Å². The minimum atomic E-state index is -0.521. The number of imide groups is 1. The largest absolute Gasteiger partial charge is 0.491 e. The molecule has 8 heteroatoms. The number of nitro groups is 1. The Morgan fingerprint density at radius 3 is 2.52 bits per heavy atom. The number of nitrogens with zero attached hydrogens (tertiary/aromatic N) is 2. The third-order valence-corrected chi connectivity index (χ3v) is 5.39. The van der Waals surface area contributed by atoms with Gasteiger partial charge in [-0.2, -0.15) is 0 Å². The van der Waals surface area contributed by atoms with Crippen LogP contribution in [-0.2, 0) is 11.3 Å². The van der Waals surface area contributed by atoms with Crippen molar-refractivity contribution >= 4 is 34.7 Å². The van der Waals surface area contributed by atoms with Gasteiger partial charge >= 0.3 is 0 Å². The molecule has 0 spiro atoms. The van der Waals surface area contributed by atoms with Gasteiger partial charge in [0.15, 0.2) is 0 Å². The Hall–Kier alpha value is -3.13. The number of hydrogen-bond acceptors (Lipinski definition) is 6. The molecule has 2 amide bonds. The number of ether oxygens (including phenoxy) is 1. The van der Waals surface area contributed by atoms with Gasteiger partial charge in [-0.25, -0.2) is 0 Å². The first-order valence-electron chi connectivity index (χ1n) is 9.13. The Morgan fingerprint density at radius 2 is 1.86 bits per heavy atom. The summed E-state index contributed by atoms with van der Waals surface area (Å²) in [6.45, 7) is 3.89. The molecule has 150 valence electrons. The third kappa shape index (κ3) is 4.83. The number of carbonyl (C=O) groups excluding carboxylic acids is 2. The molecule has 3 rings (SSSR count). The van der Waals surface area contributed by atoms with E-state index in [1.807, 2.05) is 38.1 Å². The molecule has 1 heterocycles. The molecule has 7 nitrogen and oxygen atoms in total. The van der Waals surface area contributed by atoms with Gasteiger partial charge in [0.05, 0.1) is 22.5 Å². The minimum absolute atomic E-state index is 0.111. The van der Waals surface area contributed by atoms with Crippen molar-refractivity contribution in [3.8, 4) is 5.75 Å². The molecule has 1 saturated heterocycles. The summed E-state index contributed by atoms with van der Waals surface area (Å²) in [6, 6.07) is 13.3. The van der Waals surface area contributed by atoms with Gasteiger partial charge in [-0.05, 0) is 48.9 Å². The van der Waals surface area contributed by atoms with Crippen molar-refractivity contribution in [1.29, 1.82) is 0 Å². The Labute approximate surface area is 172 Å². The number of para-hydroxylation sites is 1. The summed E-state index contributed by atoms with van der Waals surface area (Å²) in [5.74, 6) is 0.277. The summed E-state index contributed by atoms with van der Waals surface area (Å²) in [5.41, 5.74) is 0.956. The van der Waals surface area contributed by atoms with Crippen LogP contribution < -0.4 is 4.74 Å². The minimum Gasteiger partial charge on any atom is -0.491 e. The van der Waals surface area contributed by atoms with E-state index in [-0.39, 0.29) is 23.2 Å². The zero-order valence-electron chi connectivity index (χ0n) is 16.0. The second-order valence-electron chi connectivity index (χ2n) is 6.56. The summed E-state index contributed by atoms with van der Waals surface area (Å²) in [7, 11) is 0. The fraction of sp³-hybridized carbons (Fsp3) is 0.238. The Kier molecular flexibility index (Phi) is 6.33. The van der Waals surface area contributed by atoms with E-state index in [0.29, 0.717) is 5.56 Å². The molecule has 0 N–H and O–H groups in total. The fourth-order valence-electron chi connectivity index (χ4n) is 2.74. The number of carbonyl (C=O) groups is 2. The highest BCUT2D eigenvalue weighted by atomic mass is 32.2. The molecule has 1 fully saturated rings. The molecule has 2 aromatic rings. The lowest BCUT2D eigenvalue weighted by Crippen LogP contribution is -2.27. The van der Waals surface area contributed by atoms with Gasteiger partial charge in [0.2, 0.25) is 0 Å². The first-order valence-corrected chi connectivity index (χ1v) is 9.95. The molecule has 1 aliphatic rings. The predicted molar refractivity (Wildman–Crippen MR) is 111 cm³/mol. The fourth-order valence-corrected chi connectivity index (χ4v) is 3.58. The van der Waals surface area contributed by atoms with Crippen molar-refractivity contribution in [2.75, 3.05) is 0 Å². The number of amides is 2. The topological polar surface area (TPSA) is 89.8 Å². The lowest BCUT2D eigenvalue weighted by Gasteiger charge is -2.12. The lowest BCUT2D eigenvalue weighted by molar-refractivity contribution is -0.385. The molecule has 0 aromatic heterocycles. The summed E-state index contributed by atoms with van der Waals surface area (Å²) < 4.78 is 5.73. The quantitative estimate of drug-likeness (QED) is 0.361. The van der Waals surface area contributed by atoms with E-state index in [9.17, 15) is 19.7 Å². The molecular weight excluding hydrogens is 392 g/mol. The maximum Gasteiger partial charge on any atom is 0.293 e. The predicted octanol–water partition coefficient (Wildman–Crippen LogP) is 5.01. The monoisotopic (exact) mass is 412 g/mol. The van der Waals surface area contributed by atoms with Crippen LogP contribution in [0.25, 0.3) is 6.08 Å². The second-order valence-corrected chi connectivity index (χ2v) is 7.55. The zero-order valence-corrected chi connectivity index (χ0v) is 16.8. The van der Waals surface area contributed by atoms with Crippen molar-refractivity contribution in [1.82, 2.24) is 4.90 Å². The van der Waals surface area contributed by atoms with Gasteiger partial charge in [0, 0.05) is 11.6 Å². The van der Waals surface area contributed by atoms with Crippen molar-refractivity contribution in [2.24, 2.45) is 0 Å². The summed E-state index contributed by atoms with van der Waals surface area (Å²) in [6.07, 6.45) is 2.64. The summed E-state index contributed by atoms with van der Waals surface area (Å²) in [5, 5.41) is 10.7. The van der Waals surface area contributed by atoms with Gasteiger partial charge < -0.3 is 4.74 Å². The molecule has 29 heavy (non-hydrogen) atoms. The first kappa shape index (κ1) is 20.6. The van der Waals surface area contributed by atoms with Gasteiger partial charge in [-0.3, -0.25) is 24.6 Å². The Morgan fingerprint density at radius 1 is 1.17 bits per heavy atom.